The number of carboxylic acid groups (broad SMARTS) is 1. The monoisotopic (exact) mass is 392 g/mol. The second kappa shape index (κ2) is 10.2. The summed E-state index contributed by atoms with van der Waals surface area (Å²) in [4.78, 5) is 11.1. The molecule has 0 aliphatic carbocycles. The third-order valence-corrected chi connectivity index (χ3v) is 4.51. The average molecular weight is 392 g/mol. The van der Waals surface area contributed by atoms with Crippen LogP contribution >= 0.6 is 0 Å². The van der Waals surface area contributed by atoms with Gasteiger partial charge in [0.1, 0.15) is 36.0 Å². The smallest absolute Gasteiger partial charge is 0.339 e. The summed E-state index contributed by atoms with van der Waals surface area (Å²) in [7, 11) is 0. The molecule has 0 unspecified atom stereocenters. The van der Waals surface area contributed by atoms with E-state index < -0.39 is 5.97 Å². The zero-order valence-electron chi connectivity index (χ0n) is 16.1. The van der Waals surface area contributed by atoms with Gasteiger partial charge in [0.2, 0.25) is 0 Å². The van der Waals surface area contributed by atoms with Gasteiger partial charge in [0.05, 0.1) is 0 Å². The van der Waals surface area contributed by atoms with Gasteiger partial charge in [0.15, 0.2) is 0 Å². The summed E-state index contributed by atoms with van der Waals surface area (Å²) >= 11 is 0. The van der Waals surface area contributed by atoms with E-state index in [1.807, 2.05) is 54.6 Å². The molecule has 0 heterocycles. The first-order valence-corrected chi connectivity index (χ1v) is 9.56. The molecule has 3 aromatic carbocycles. The average Bonchev–Trinajstić information content (AvgIpc) is 2.74. The van der Waals surface area contributed by atoms with E-state index in [4.69, 9.17) is 14.6 Å². The molecule has 0 aliphatic rings. The Morgan fingerprint density at radius 3 is 2.00 bits per heavy atom. The Kier molecular flexibility index (Phi) is 7.11. The molecule has 0 saturated heterocycles. The Balaban J connectivity index is 1.40. The zero-order valence-corrected chi connectivity index (χ0v) is 16.1. The molecule has 0 atom stereocenters. The standard InChI is InChI=1S/C24H24O5/c25-23-14-11-19(17-22(23)24(26)27)6-4-5-18-9-12-21(13-10-18)29-16-15-28-20-7-2-1-3-8-20/h1-3,7-14,17,25H,4-6,15-16H2,(H,26,27). The minimum atomic E-state index is -1.12. The Morgan fingerprint density at radius 1 is 0.759 bits per heavy atom. The number of hydrogen-bond donors (Lipinski definition) is 2. The lowest BCUT2D eigenvalue weighted by molar-refractivity contribution is 0.0693. The summed E-state index contributed by atoms with van der Waals surface area (Å²) < 4.78 is 11.3. The summed E-state index contributed by atoms with van der Waals surface area (Å²) in [6.45, 7) is 0.956. The Bertz CT molecular complexity index is 920. The van der Waals surface area contributed by atoms with E-state index in [0.717, 1.165) is 36.3 Å². The number of carbonyl (C=O) groups is 1. The largest absolute Gasteiger partial charge is 0.507 e. The number of benzene rings is 3. The number of carboxylic acids is 1. The highest BCUT2D eigenvalue weighted by molar-refractivity contribution is 5.90. The van der Waals surface area contributed by atoms with Crippen molar-refractivity contribution in [1.29, 1.82) is 0 Å². The van der Waals surface area contributed by atoms with E-state index >= 15 is 0 Å². The van der Waals surface area contributed by atoms with E-state index in [-0.39, 0.29) is 11.3 Å². The summed E-state index contributed by atoms with van der Waals surface area (Å²) in [5.74, 6) is 0.311. The highest BCUT2D eigenvalue weighted by Gasteiger charge is 2.10. The van der Waals surface area contributed by atoms with Crippen LogP contribution in [0.3, 0.4) is 0 Å². The molecule has 150 valence electrons. The van der Waals surface area contributed by atoms with Crippen molar-refractivity contribution in [1.82, 2.24) is 0 Å². The van der Waals surface area contributed by atoms with Crippen LogP contribution in [-0.2, 0) is 12.8 Å². The first-order valence-electron chi connectivity index (χ1n) is 9.56. The van der Waals surface area contributed by atoms with Crippen LogP contribution in [0, 0.1) is 0 Å². The fourth-order valence-corrected chi connectivity index (χ4v) is 2.99. The number of aryl methyl sites for hydroxylation is 2. The van der Waals surface area contributed by atoms with Crippen LogP contribution in [-0.4, -0.2) is 29.4 Å². The summed E-state index contributed by atoms with van der Waals surface area (Å²) in [6, 6.07) is 22.3. The number of para-hydroxylation sites is 1. The number of ether oxygens (including phenoxy) is 2. The molecule has 3 aromatic rings. The first kappa shape index (κ1) is 20.3. The molecule has 5 heteroatoms. The minimum absolute atomic E-state index is 0.0553. The van der Waals surface area contributed by atoms with Crippen molar-refractivity contribution in [3.8, 4) is 17.2 Å². The maximum absolute atomic E-state index is 11.1. The molecule has 0 bridgehead atoms. The summed E-state index contributed by atoms with van der Waals surface area (Å²) in [5, 5.41) is 18.6. The summed E-state index contributed by atoms with van der Waals surface area (Å²) in [6.07, 6.45) is 2.51. The van der Waals surface area contributed by atoms with Crippen LogP contribution in [0.2, 0.25) is 0 Å². The quantitative estimate of drug-likeness (QED) is 0.488. The normalized spacial score (nSPS) is 10.5. The highest BCUT2D eigenvalue weighted by Crippen LogP contribution is 2.20. The van der Waals surface area contributed by atoms with E-state index in [1.54, 1.807) is 6.07 Å². The molecule has 0 fully saturated rings. The molecule has 2 N–H and O–H groups in total. The highest BCUT2D eigenvalue weighted by atomic mass is 16.5. The molecule has 0 radical (unpaired) electrons. The van der Waals surface area contributed by atoms with Gasteiger partial charge in [-0.05, 0) is 66.8 Å². The maximum atomic E-state index is 11.1. The molecule has 0 aliphatic heterocycles. The van der Waals surface area contributed by atoms with Gasteiger partial charge in [-0.25, -0.2) is 4.79 Å². The predicted octanol–water partition coefficient (Wildman–Crippen LogP) is 4.72. The molecule has 29 heavy (non-hydrogen) atoms. The molecule has 0 spiro atoms. The van der Waals surface area contributed by atoms with Gasteiger partial charge in [-0.3, -0.25) is 0 Å². The zero-order chi connectivity index (χ0) is 20.5. The van der Waals surface area contributed by atoms with E-state index in [2.05, 4.69) is 0 Å². The minimum Gasteiger partial charge on any atom is -0.507 e. The molecular formula is C24H24O5. The fourth-order valence-electron chi connectivity index (χ4n) is 2.99. The maximum Gasteiger partial charge on any atom is 0.339 e. The second-order valence-corrected chi connectivity index (χ2v) is 6.66. The molecule has 0 amide bonds. The van der Waals surface area contributed by atoms with Gasteiger partial charge in [-0.1, -0.05) is 36.4 Å². The number of aromatic hydroxyl groups is 1. The van der Waals surface area contributed by atoms with Crippen molar-refractivity contribution < 1.29 is 24.5 Å². The van der Waals surface area contributed by atoms with Crippen LogP contribution < -0.4 is 9.47 Å². The SMILES string of the molecule is O=C(O)c1cc(CCCc2ccc(OCCOc3ccccc3)cc2)ccc1O. The molecule has 5 nitrogen and oxygen atoms in total. The van der Waals surface area contributed by atoms with Crippen molar-refractivity contribution in [2.24, 2.45) is 0 Å². The van der Waals surface area contributed by atoms with Crippen molar-refractivity contribution in [2.45, 2.75) is 19.3 Å². The molecular weight excluding hydrogens is 368 g/mol. The lowest BCUT2D eigenvalue weighted by atomic mass is 10.0. The topological polar surface area (TPSA) is 76.0 Å². The van der Waals surface area contributed by atoms with Gasteiger partial charge < -0.3 is 19.7 Å². The molecule has 0 saturated carbocycles. The number of rotatable bonds is 10. The van der Waals surface area contributed by atoms with Gasteiger partial charge in [-0.15, -0.1) is 0 Å². The van der Waals surface area contributed by atoms with E-state index in [0.29, 0.717) is 13.2 Å². The predicted molar refractivity (Wildman–Crippen MR) is 111 cm³/mol. The van der Waals surface area contributed by atoms with Crippen molar-refractivity contribution in [3.63, 3.8) is 0 Å². The van der Waals surface area contributed by atoms with Crippen LogP contribution in [0.5, 0.6) is 17.2 Å². The van der Waals surface area contributed by atoms with Crippen LogP contribution in [0.25, 0.3) is 0 Å². The second-order valence-electron chi connectivity index (χ2n) is 6.66. The van der Waals surface area contributed by atoms with Crippen molar-refractivity contribution >= 4 is 5.97 Å². The van der Waals surface area contributed by atoms with Crippen LogP contribution in [0.1, 0.15) is 27.9 Å². The Labute approximate surface area is 170 Å². The van der Waals surface area contributed by atoms with E-state index in [9.17, 15) is 9.90 Å². The van der Waals surface area contributed by atoms with E-state index in [1.165, 1.54) is 17.7 Å². The Hall–Kier alpha value is -3.47. The van der Waals surface area contributed by atoms with Crippen molar-refractivity contribution in [3.05, 3.63) is 89.5 Å². The number of phenols is 1. The first-order chi connectivity index (χ1) is 14.1. The number of hydrogen-bond acceptors (Lipinski definition) is 4. The van der Waals surface area contributed by atoms with Gasteiger partial charge >= 0.3 is 5.97 Å². The van der Waals surface area contributed by atoms with Gasteiger partial charge in [0, 0.05) is 0 Å². The molecule has 3 rings (SSSR count). The lowest BCUT2D eigenvalue weighted by Gasteiger charge is -2.09. The van der Waals surface area contributed by atoms with Gasteiger partial charge in [-0.2, -0.15) is 0 Å². The van der Waals surface area contributed by atoms with Gasteiger partial charge in [0.25, 0.3) is 0 Å². The fraction of sp³-hybridized carbons (Fsp3) is 0.208. The molecule has 0 aromatic heterocycles. The summed E-state index contributed by atoms with van der Waals surface area (Å²) in [5.41, 5.74) is 2.04. The number of aromatic carboxylic acids is 1. The third-order valence-electron chi connectivity index (χ3n) is 4.51. The van der Waals surface area contributed by atoms with Crippen LogP contribution in [0.15, 0.2) is 72.8 Å². The third kappa shape index (κ3) is 6.28. The lowest BCUT2D eigenvalue weighted by Crippen LogP contribution is -2.08. The van der Waals surface area contributed by atoms with Crippen LogP contribution in [0.4, 0.5) is 0 Å². The van der Waals surface area contributed by atoms with Crippen molar-refractivity contribution in [2.75, 3.05) is 13.2 Å². The Morgan fingerprint density at radius 2 is 1.34 bits per heavy atom.